The molecule has 84 valence electrons. The smallest absolute Gasteiger partial charge is 0.180 e. The van der Waals surface area contributed by atoms with Gasteiger partial charge in [-0.2, -0.15) is 0 Å². The number of aryl methyl sites for hydroxylation is 1. The molecule has 0 saturated carbocycles. The van der Waals surface area contributed by atoms with Crippen molar-refractivity contribution in [1.82, 2.24) is 15.2 Å². The van der Waals surface area contributed by atoms with Crippen molar-refractivity contribution in [1.29, 1.82) is 0 Å². The van der Waals surface area contributed by atoms with Crippen LogP contribution in [-0.2, 0) is 0 Å². The van der Waals surface area contributed by atoms with Crippen molar-refractivity contribution in [3.8, 4) is 0 Å². The molecule has 6 heteroatoms. The maximum Gasteiger partial charge on any atom is 0.180 e. The van der Waals surface area contributed by atoms with Crippen LogP contribution in [0.3, 0.4) is 0 Å². The van der Waals surface area contributed by atoms with Gasteiger partial charge in [0.1, 0.15) is 10.0 Å². The predicted molar refractivity (Wildman–Crippen MR) is 63.6 cm³/mol. The zero-order chi connectivity index (χ0) is 11.5. The van der Waals surface area contributed by atoms with Crippen LogP contribution in [0.2, 0.25) is 0 Å². The number of rotatable bonds is 3. The summed E-state index contributed by atoms with van der Waals surface area (Å²) in [6, 6.07) is 3.75. The normalized spacial score (nSPS) is 12.7. The van der Waals surface area contributed by atoms with Gasteiger partial charge < -0.3 is 5.11 Å². The third kappa shape index (κ3) is 2.78. The van der Waals surface area contributed by atoms with Crippen molar-refractivity contribution in [3.05, 3.63) is 28.9 Å². The first kappa shape index (κ1) is 11.5. The molecule has 0 aliphatic heterocycles. The largest absolute Gasteiger partial charge is 0.389 e. The monoisotopic (exact) mass is 253 g/mol. The minimum absolute atomic E-state index is 0.477. The van der Waals surface area contributed by atoms with Gasteiger partial charge >= 0.3 is 0 Å². The van der Waals surface area contributed by atoms with Crippen molar-refractivity contribution in [3.63, 3.8) is 0 Å². The van der Waals surface area contributed by atoms with Gasteiger partial charge in [0, 0.05) is 6.20 Å². The average molecular weight is 253 g/mol. The SMILES string of the molecule is Cc1nnc(Sc2ccc([C@H](C)O)cn2)s1. The Labute approximate surface area is 102 Å². The molecule has 0 radical (unpaired) electrons. The van der Waals surface area contributed by atoms with Gasteiger partial charge in [-0.15, -0.1) is 10.2 Å². The first-order chi connectivity index (χ1) is 7.65. The summed E-state index contributed by atoms with van der Waals surface area (Å²) >= 11 is 3.03. The molecular weight excluding hydrogens is 242 g/mol. The number of nitrogens with zero attached hydrogens (tertiary/aromatic N) is 3. The average Bonchev–Trinajstić information content (AvgIpc) is 2.65. The molecule has 0 saturated heterocycles. The molecule has 4 nitrogen and oxygen atoms in total. The highest BCUT2D eigenvalue weighted by molar-refractivity contribution is 8.01. The second kappa shape index (κ2) is 4.90. The summed E-state index contributed by atoms with van der Waals surface area (Å²) in [7, 11) is 0. The number of aliphatic hydroxyl groups is 1. The minimum Gasteiger partial charge on any atom is -0.389 e. The van der Waals surface area contributed by atoms with Gasteiger partial charge in [0.05, 0.1) is 6.10 Å². The van der Waals surface area contributed by atoms with Crippen LogP contribution in [0.15, 0.2) is 27.7 Å². The van der Waals surface area contributed by atoms with E-state index in [1.807, 2.05) is 19.1 Å². The number of aromatic nitrogens is 3. The number of pyridine rings is 1. The standard InChI is InChI=1S/C10H11N3OS2/c1-6(14)8-3-4-9(11-5-8)16-10-13-12-7(2)15-10/h3-6,14H,1-2H3/t6-/m0/s1. The summed E-state index contributed by atoms with van der Waals surface area (Å²) in [4.78, 5) is 4.25. The van der Waals surface area contributed by atoms with Gasteiger partial charge in [-0.3, -0.25) is 0 Å². The van der Waals surface area contributed by atoms with E-state index >= 15 is 0 Å². The van der Waals surface area contributed by atoms with E-state index in [9.17, 15) is 5.11 Å². The van der Waals surface area contributed by atoms with E-state index in [1.165, 1.54) is 11.8 Å². The Hall–Kier alpha value is -0.980. The third-order valence-electron chi connectivity index (χ3n) is 1.94. The van der Waals surface area contributed by atoms with Crippen molar-refractivity contribution in [2.45, 2.75) is 29.3 Å². The van der Waals surface area contributed by atoms with E-state index in [0.29, 0.717) is 0 Å². The molecule has 0 unspecified atom stereocenters. The lowest BCUT2D eigenvalue weighted by Crippen LogP contribution is -1.91. The van der Waals surface area contributed by atoms with Gasteiger partial charge in [-0.25, -0.2) is 4.98 Å². The van der Waals surface area contributed by atoms with Gasteiger partial charge in [0.2, 0.25) is 0 Å². The molecule has 0 bridgehead atoms. The fourth-order valence-electron chi connectivity index (χ4n) is 1.11. The third-order valence-corrected chi connectivity index (χ3v) is 3.78. The van der Waals surface area contributed by atoms with Crippen LogP contribution in [0.4, 0.5) is 0 Å². The zero-order valence-corrected chi connectivity index (χ0v) is 10.5. The maximum absolute atomic E-state index is 9.34. The molecule has 2 rings (SSSR count). The molecule has 2 heterocycles. The fraction of sp³-hybridized carbons (Fsp3) is 0.300. The van der Waals surface area contributed by atoms with Crippen LogP contribution in [0.5, 0.6) is 0 Å². The molecule has 16 heavy (non-hydrogen) atoms. The second-order valence-corrected chi connectivity index (χ2v) is 5.74. The maximum atomic E-state index is 9.34. The predicted octanol–water partition coefficient (Wildman–Crippen LogP) is 2.45. The van der Waals surface area contributed by atoms with Crippen LogP contribution < -0.4 is 0 Å². The van der Waals surface area contributed by atoms with Crippen LogP contribution in [0, 0.1) is 6.92 Å². The molecular formula is C10H11N3OS2. The van der Waals surface area contributed by atoms with Gasteiger partial charge in [-0.1, -0.05) is 17.4 Å². The molecule has 1 atom stereocenters. The van der Waals surface area contributed by atoms with E-state index in [4.69, 9.17) is 0 Å². The Bertz CT molecular complexity index is 467. The summed E-state index contributed by atoms with van der Waals surface area (Å²) in [6.07, 6.45) is 1.20. The van der Waals surface area contributed by atoms with E-state index < -0.39 is 6.10 Å². The van der Waals surface area contributed by atoms with Crippen LogP contribution in [0.1, 0.15) is 23.6 Å². The Morgan fingerprint density at radius 2 is 2.19 bits per heavy atom. The molecule has 1 N–H and O–H groups in total. The molecule has 0 aromatic carbocycles. The first-order valence-corrected chi connectivity index (χ1v) is 6.40. The minimum atomic E-state index is -0.477. The molecule has 0 aliphatic rings. The summed E-state index contributed by atoms with van der Waals surface area (Å²) in [6.45, 7) is 3.64. The quantitative estimate of drug-likeness (QED) is 0.910. The highest BCUT2D eigenvalue weighted by atomic mass is 32.2. The fourth-order valence-corrected chi connectivity index (χ4v) is 2.81. The number of aliphatic hydroxyl groups excluding tert-OH is 1. The van der Waals surface area contributed by atoms with Gasteiger partial charge in [-0.05, 0) is 37.2 Å². The van der Waals surface area contributed by atoms with Gasteiger partial charge in [0.25, 0.3) is 0 Å². The Morgan fingerprint density at radius 3 is 2.69 bits per heavy atom. The Balaban J connectivity index is 2.11. The Morgan fingerprint density at radius 1 is 1.38 bits per heavy atom. The number of hydrogen-bond donors (Lipinski definition) is 1. The summed E-state index contributed by atoms with van der Waals surface area (Å²) in [5.74, 6) is 0. The summed E-state index contributed by atoms with van der Waals surface area (Å²) < 4.78 is 0.884. The molecule has 2 aromatic heterocycles. The molecule has 0 aliphatic carbocycles. The first-order valence-electron chi connectivity index (χ1n) is 4.77. The summed E-state index contributed by atoms with van der Waals surface area (Å²) in [5, 5.41) is 19.1. The van der Waals surface area contributed by atoms with Crippen molar-refractivity contribution < 1.29 is 5.11 Å². The molecule has 0 spiro atoms. The van der Waals surface area contributed by atoms with Crippen molar-refractivity contribution in [2.24, 2.45) is 0 Å². The van der Waals surface area contributed by atoms with Crippen molar-refractivity contribution in [2.75, 3.05) is 0 Å². The van der Waals surface area contributed by atoms with Crippen LogP contribution >= 0.6 is 23.1 Å². The molecule has 0 fully saturated rings. The van der Waals surface area contributed by atoms with E-state index in [0.717, 1.165) is 19.9 Å². The van der Waals surface area contributed by atoms with E-state index in [1.54, 1.807) is 24.5 Å². The second-order valence-electron chi connectivity index (χ2n) is 3.29. The van der Waals surface area contributed by atoms with Crippen LogP contribution in [-0.4, -0.2) is 20.3 Å². The molecule has 0 amide bonds. The number of hydrogen-bond acceptors (Lipinski definition) is 6. The van der Waals surface area contributed by atoms with Crippen LogP contribution in [0.25, 0.3) is 0 Å². The lowest BCUT2D eigenvalue weighted by atomic mass is 10.2. The highest BCUT2D eigenvalue weighted by Gasteiger charge is 2.05. The zero-order valence-electron chi connectivity index (χ0n) is 8.91. The Kier molecular flexibility index (Phi) is 3.52. The molecule has 2 aromatic rings. The van der Waals surface area contributed by atoms with Gasteiger partial charge in [0.15, 0.2) is 4.34 Å². The lowest BCUT2D eigenvalue weighted by molar-refractivity contribution is 0.198. The van der Waals surface area contributed by atoms with Crippen molar-refractivity contribution >= 4 is 23.1 Å². The summed E-state index contributed by atoms with van der Waals surface area (Å²) in [5.41, 5.74) is 0.817. The highest BCUT2D eigenvalue weighted by Crippen LogP contribution is 2.28. The van der Waals surface area contributed by atoms with E-state index in [-0.39, 0.29) is 0 Å². The van der Waals surface area contributed by atoms with E-state index in [2.05, 4.69) is 15.2 Å². The lowest BCUT2D eigenvalue weighted by Gasteiger charge is -2.03. The topological polar surface area (TPSA) is 58.9 Å².